The fourth-order valence-electron chi connectivity index (χ4n) is 2.86. The Bertz CT molecular complexity index is 1070. The molecule has 0 aliphatic carbocycles. The zero-order valence-corrected chi connectivity index (χ0v) is 14.7. The second kappa shape index (κ2) is 7.18. The molecule has 30 heavy (non-hydrogen) atoms. The van der Waals surface area contributed by atoms with Gasteiger partial charge in [-0.25, -0.2) is 0 Å². The standard InChI is InChI=1S/C17H11F3N4O6/c18-17(19,20)14-9-16(26,11-2-1-3-13(8-11)24(29)30)22(21-14)15(25)10-4-6-12(7-5-10)23(27)28/h1-8,26H,9H2/t16-/m0/s1. The molecule has 2 aromatic rings. The lowest BCUT2D eigenvalue weighted by molar-refractivity contribution is -0.385. The van der Waals surface area contributed by atoms with Crippen LogP contribution >= 0.6 is 0 Å². The van der Waals surface area contributed by atoms with Gasteiger partial charge in [0.1, 0.15) is 5.71 Å². The fraction of sp³-hybridized carbons (Fsp3) is 0.176. The van der Waals surface area contributed by atoms with Gasteiger partial charge in [-0.1, -0.05) is 12.1 Å². The Balaban J connectivity index is 2.08. The first-order chi connectivity index (χ1) is 13.9. The second-order valence-corrected chi connectivity index (χ2v) is 6.27. The lowest BCUT2D eigenvalue weighted by Crippen LogP contribution is -2.43. The van der Waals surface area contributed by atoms with Gasteiger partial charge in [-0.3, -0.25) is 25.0 Å². The number of non-ortho nitro benzene ring substituents is 2. The van der Waals surface area contributed by atoms with E-state index in [0.717, 1.165) is 48.5 Å². The molecule has 1 atom stereocenters. The topological polar surface area (TPSA) is 139 Å². The predicted octanol–water partition coefficient (Wildman–Crippen LogP) is 3.11. The Morgan fingerprint density at radius 3 is 2.20 bits per heavy atom. The summed E-state index contributed by atoms with van der Waals surface area (Å²) >= 11 is 0. The van der Waals surface area contributed by atoms with E-state index in [1.165, 1.54) is 0 Å². The van der Waals surface area contributed by atoms with Gasteiger partial charge in [0.25, 0.3) is 17.3 Å². The number of hydrogen-bond acceptors (Lipinski definition) is 7. The van der Waals surface area contributed by atoms with Crippen LogP contribution in [0.5, 0.6) is 0 Å². The van der Waals surface area contributed by atoms with Gasteiger partial charge in [-0.05, 0) is 12.1 Å². The van der Waals surface area contributed by atoms with Crippen molar-refractivity contribution in [2.45, 2.75) is 18.3 Å². The highest BCUT2D eigenvalue weighted by Crippen LogP contribution is 2.41. The van der Waals surface area contributed by atoms with Crippen LogP contribution in [-0.2, 0) is 5.72 Å². The van der Waals surface area contributed by atoms with Crippen molar-refractivity contribution in [3.8, 4) is 0 Å². The molecule has 0 saturated carbocycles. The van der Waals surface area contributed by atoms with E-state index in [2.05, 4.69) is 5.10 Å². The number of carbonyl (C=O) groups is 1. The van der Waals surface area contributed by atoms with Crippen LogP contribution in [-0.4, -0.2) is 37.8 Å². The van der Waals surface area contributed by atoms with Crippen molar-refractivity contribution in [1.82, 2.24) is 5.01 Å². The zero-order valence-electron chi connectivity index (χ0n) is 14.7. The monoisotopic (exact) mass is 424 g/mol. The van der Waals surface area contributed by atoms with Crippen LogP contribution in [0.1, 0.15) is 22.3 Å². The van der Waals surface area contributed by atoms with Crippen molar-refractivity contribution < 1.29 is 32.9 Å². The smallest absolute Gasteiger partial charge is 0.365 e. The first-order valence-electron chi connectivity index (χ1n) is 8.14. The van der Waals surface area contributed by atoms with Crippen LogP contribution < -0.4 is 0 Å². The molecule has 13 heteroatoms. The average Bonchev–Trinajstić information content (AvgIpc) is 3.07. The minimum atomic E-state index is -4.97. The summed E-state index contributed by atoms with van der Waals surface area (Å²) in [6, 6.07) is 8.09. The normalized spacial score (nSPS) is 18.8. The molecular formula is C17H11F3N4O6. The third-order valence-corrected chi connectivity index (χ3v) is 4.35. The highest BCUT2D eigenvalue weighted by Gasteiger charge is 2.53. The van der Waals surface area contributed by atoms with Gasteiger partial charge in [-0.2, -0.15) is 23.3 Å². The van der Waals surface area contributed by atoms with E-state index >= 15 is 0 Å². The quantitative estimate of drug-likeness (QED) is 0.591. The number of rotatable bonds is 4. The number of alkyl halides is 3. The first-order valence-corrected chi connectivity index (χ1v) is 8.14. The van der Waals surface area contributed by atoms with E-state index in [1.54, 1.807) is 0 Å². The summed E-state index contributed by atoms with van der Waals surface area (Å²) in [5.41, 5.74) is -5.63. The van der Waals surface area contributed by atoms with E-state index < -0.39 is 45.5 Å². The number of hydrazone groups is 1. The summed E-state index contributed by atoms with van der Waals surface area (Å²) in [6.45, 7) is 0. The van der Waals surface area contributed by atoms with Crippen molar-refractivity contribution in [2.24, 2.45) is 5.10 Å². The Hall–Kier alpha value is -3.87. The van der Waals surface area contributed by atoms with Crippen molar-refractivity contribution >= 4 is 23.0 Å². The number of aliphatic hydroxyl groups is 1. The van der Waals surface area contributed by atoms with E-state index in [-0.39, 0.29) is 21.8 Å². The van der Waals surface area contributed by atoms with E-state index in [1.807, 2.05) is 0 Å². The van der Waals surface area contributed by atoms with Crippen LogP contribution in [0.15, 0.2) is 53.6 Å². The minimum Gasteiger partial charge on any atom is -0.365 e. The average molecular weight is 424 g/mol. The lowest BCUT2D eigenvalue weighted by Gasteiger charge is -2.31. The Labute approximate surface area is 165 Å². The predicted molar refractivity (Wildman–Crippen MR) is 94.4 cm³/mol. The van der Waals surface area contributed by atoms with E-state index in [9.17, 15) is 43.3 Å². The van der Waals surface area contributed by atoms with Gasteiger partial charge < -0.3 is 5.11 Å². The molecule has 1 aliphatic heterocycles. The van der Waals surface area contributed by atoms with Crippen LogP contribution in [0.4, 0.5) is 24.5 Å². The molecule has 0 unspecified atom stereocenters. The number of carbonyl (C=O) groups excluding carboxylic acids is 1. The van der Waals surface area contributed by atoms with Gasteiger partial charge in [0.15, 0.2) is 5.72 Å². The molecule has 1 aliphatic rings. The molecule has 0 saturated heterocycles. The molecule has 2 aromatic carbocycles. The lowest BCUT2D eigenvalue weighted by atomic mass is 9.96. The molecule has 1 amide bonds. The van der Waals surface area contributed by atoms with Crippen molar-refractivity contribution in [1.29, 1.82) is 0 Å². The molecule has 10 nitrogen and oxygen atoms in total. The van der Waals surface area contributed by atoms with Gasteiger partial charge >= 0.3 is 6.18 Å². The minimum absolute atomic E-state index is 0.177. The third-order valence-electron chi connectivity index (χ3n) is 4.35. The molecule has 0 fully saturated rings. The largest absolute Gasteiger partial charge is 0.431 e. The maximum Gasteiger partial charge on any atom is 0.431 e. The molecule has 3 rings (SSSR count). The molecule has 156 valence electrons. The molecule has 1 N–H and O–H groups in total. The second-order valence-electron chi connectivity index (χ2n) is 6.27. The summed E-state index contributed by atoms with van der Waals surface area (Å²) in [5, 5.41) is 36.1. The van der Waals surface area contributed by atoms with Crippen LogP contribution in [0.3, 0.4) is 0 Å². The fourth-order valence-corrected chi connectivity index (χ4v) is 2.86. The highest BCUT2D eigenvalue weighted by atomic mass is 19.4. The summed E-state index contributed by atoms with van der Waals surface area (Å²) in [5.74, 6) is -1.18. The number of hydrogen-bond donors (Lipinski definition) is 1. The molecule has 0 radical (unpaired) electrons. The van der Waals surface area contributed by atoms with E-state index in [0.29, 0.717) is 0 Å². The molecular weight excluding hydrogens is 413 g/mol. The molecule has 0 bridgehead atoms. The first kappa shape index (κ1) is 20.9. The van der Waals surface area contributed by atoms with Gasteiger partial charge in [0.2, 0.25) is 0 Å². The summed E-state index contributed by atoms with van der Waals surface area (Å²) in [6.07, 6.45) is -6.13. The number of benzene rings is 2. The molecule has 0 aromatic heterocycles. The van der Waals surface area contributed by atoms with Crippen molar-refractivity contribution in [3.63, 3.8) is 0 Å². The molecule has 0 spiro atoms. The SMILES string of the molecule is O=C(c1ccc([N+](=O)[O-])cc1)N1N=C(C(F)(F)F)C[C@]1(O)c1cccc([N+](=O)[O-])c1. The van der Waals surface area contributed by atoms with Crippen molar-refractivity contribution in [2.75, 3.05) is 0 Å². The summed E-state index contributed by atoms with van der Waals surface area (Å²) < 4.78 is 39.7. The van der Waals surface area contributed by atoms with Crippen LogP contribution in [0.25, 0.3) is 0 Å². The number of halogens is 3. The Morgan fingerprint density at radius 2 is 1.67 bits per heavy atom. The maximum atomic E-state index is 13.2. The molecule has 1 heterocycles. The third kappa shape index (κ3) is 3.69. The van der Waals surface area contributed by atoms with E-state index in [4.69, 9.17) is 0 Å². The van der Waals surface area contributed by atoms with Crippen molar-refractivity contribution in [3.05, 3.63) is 79.9 Å². The number of nitrogens with zero attached hydrogens (tertiary/aromatic N) is 4. The zero-order chi connectivity index (χ0) is 22.3. The van der Waals surface area contributed by atoms with Gasteiger partial charge in [0.05, 0.1) is 16.3 Å². The summed E-state index contributed by atoms with van der Waals surface area (Å²) in [7, 11) is 0. The summed E-state index contributed by atoms with van der Waals surface area (Å²) in [4.78, 5) is 33.0. The highest BCUT2D eigenvalue weighted by molar-refractivity contribution is 6.00. The number of nitro groups is 2. The number of amides is 1. The Morgan fingerprint density at radius 1 is 1.07 bits per heavy atom. The van der Waals surface area contributed by atoms with Gasteiger partial charge in [-0.15, -0.1) is 0 Å². The van der Waals surface area contributed by atoms with Gasteiger partial charge in [0, 0.05) is 35.4 Å². The van der Waals surface area contributed by atoms with Crippen LogP contribution in [0, 0.1) is 20.2 Å². The maximum absolute atomic E-state index is 13.2. The van der Waals surface area contributed by atoms with Crippen LogP contribution in [0.2, 0.25) is 0 Å². The number of nitro benzene ring substituents is 2. The Kier molecular flexibility index (Phi) is 4.99.